The standard InChI is InChI=1S/C13H25NS/c1-4-6-14-9-11-8-13(11)10-15-7-5-12(13,2)3/h11,14H,4-10H2,1-3H3. The highest BCUT2D eigenvalue weighted by Crippen LogP contribution is 2.67. The molecule has 2 atom stereocenters. The Bertz CT molecular complexity index is 227. The highest BCUT2D eigenvalue weighted by Gasteiger charge is 2.62. The van der Waals surface area contributed by atoms with Crippen LogP contribution < -0.4 is 5.32 Å². The second kappa shape index (κ2) is 4.29. The van der Waals surface area contributed by atoms with Gasteiger partial charge in [-0.2, -0.15) is 11.8 Å². The molecule has 15 heavy (non-hydrogen) atoms. The SMILES string of the molecule is CCCNCC1CC12CSCCC2(C)C. The molecule has 2 rings (SSSR count). The molecule has 1 saturated heterocycles. The van der Waals surface area contributed by atoms with E-state index in [2.05, 4.69) is 37.8 Å². The van der Waals surface area contributed by atoms with Crippen molar-refractivity contribution in [1.29, 1.82) is 0 Å². The summed E-state index contributed by atoms with van der Waals surface area (Å²) in [6.07, 6.45) is 4.16. The molecular weight excluding hydrogens is 202 g/mol. The average molecular weight is 227 g/mol. The first-order valence-electron chi connectivity index (χ1n) is 6.41. The van der Waals surface area contributed by atoms with E-state index in [-0.39, 0.29) is 0 Å². The second-order valence-corrected chi connectivity index (χ2v) is 7.05. The first-order chi connectivity index (χ1) is 7.12. The lowest BCUT2D eigenvalue weighted by molar-refractivity contribution is 0.177. The quantitative estimate of drug-likeness (QED) is 0.741. The highest BCUT2D eigenvalue weighted by atomic mass is 32.2. The molecule has 1 saturated carbocycles. The Hall–Kier alpha value is 0.310. The molecule has 0 bridgehead atoms. The Morgan fingerprint density at radius 1 is 1.40 bits per heavy atom. The summed E-state index contributed by atoms with van der Waals surface area (Å²) in [4.78, 5) is 0. The molecule has 0 aromatic rings. The van der Waals surface area contributed by atoms with Gasteiger partial charge >= 0.3 is 0 Å². The lowest BCUT2D eigenvalue weighted by Crippen LogP contribution is -2.36. The van der Waals surface area contributed by atoms with Crippen LogP contribution in [0.4, 0.5) is 0 Å². The molecule has 2 aliphatic rings. The van der Waals surface area contributed by atoms with E-state index in [9.17, 15) is 0 Å². The van der Waals surface area contributed by atoms with Crippen LogP contribution in [0.15, 0.2) is 0 Å². The molecule has 0 aromatic heterocycles. The Morgan fingerprint density at radius 3 is 2.87 bits per heavy atom. The van der Waals surface area contributed by atoms with Crippen molar-refractivity contribution in [1.82, 2.24) is 5.32 Å². The molecular formula is C13H25NS. The summed E-state index contributed by atoms with van der Waals surface area (Å²) in [7, 11) is 0. The molecule has 1 aliphatic heterocycles. The molecule has 0 radical (unpaired) electrons. The molecule has 1 heterocycles. The fourth-order valence-corrected chi connectivity index (χ4v) is 5.04. The van der Waals surface area contributed by atoms with Crippen molar-refractivity contribution in [2.45, 2.75) is 40.0 Å². The summed E-state index contributed by atoms with van der Waals surface area (Å²) in [6.45, 7) is 9.69. The zero-order valence-corrected chi connectivity index (χ0v) is 11.3. The van der Waals surface area contributed by atoms with Crippen molar-refractivity contribution in [3.63, 3.8) is 0 Å². The molecule has 1 spiro atoms. The monoisotopic (exact) mass is 227 g/mol. The van der Waals surface area contributed by atoms with Crippen LogP contribution in [0.25, 0.3) is 0 Å². The van der Waals surface area contributed by atoms with E-state index >= 15 is 0 Å². The number of hydrogen-bond acceptors (Lipinski definition) is 2. The molecule has 2 fully saturated rings. The fourth-order valence-electron chi connectivity index (χ4n) is 3.13. The van der Waals surface area contributed by atoms with Crippen LogP contribution in [0.3, 0.4) is 0 Å². The van der Waals surface area contributed by atoms with Crippen LogP contribution in [0, 0.1) is 16.7 Å². The van der Waals surface area contributed by atoms with Crippen LogP contribution in [0.1, 0.15) is 40.0 Å². The number of thioether (sulfide) groups is 1. The highest BCUT2D eigenvalue weighted by molar-refractivity contribution is 7.99. The number of nitrogens with one attached hydrogen (secondary N) is 1. The third-order valence-electron chi connectivity index (χ3n) is 4.63. The van der Waals surface area contributed by atoms with Gasteiger partial charge < -0.3 is 5.32 Å². The van der Waals surface area contributed by atoms with Gasteiger partial charge in [0.2, 0.25) is 0 Å². The van der Waals surface area contributed by atoms with Gasteiger partial charge in [0.1, 0.15) is 0 Å². The summed E-state index contributed by atoms with van der Waals surface area (Å²) >= 11 is 2.18. The van der Waals surface area contributed by atoms with Gasteiger partial charge in [-0.25, -0.2) is 0 Å². The minimum absolute atomic E-state index is 0.594. The van der Waals surface area contributed by atoms with Crippen LogP contribution in [0.5, 0.6) is 0 Å². The molecule has 2 heteroatoms. The molecule has 1 aliphatic carbocycles. The van der Waals surface area contributed by atoms with Gasteiger partial charge in [0, 0.05) is 0 Å². The molecule has 1 N–H and O–H groups in total. The Balaban J connectivity index is 1.87. The average Bonchev–Trinajstić information content (AvgIpc) is 2.87. The third kappa shape index (κ3) is 2.08. The van der Waals surface area contributed by atoms with E-state index in [1.54, 1.807) is 0 Å². The van der Waals surface area contributed by atoms with Crippen LogP contribution >= 0.6 is 11.8 Å². The molecule has 0 aromatic carbocycles. The van der Waals surface area contributed by atoms with Gasteiger partial charge in [-0.3, -0.25) is 0 Å². The maximum Gasteiger partial charge on any atom is -0.000243 e. The van der Waals surface area contributed by atoms with Gasteiger partial charge in [0.05, 0.1) is 0 Å². The Labute approximate surface area is 98.8 Å². The summed E-state index contributed by atoms with van der Waals surface area (Å²) in [5.41, 5.74) is 1.29. The number of hydrogen-bond donors (Lipinski definition) is 1. The molecule has 88 valence electrons. The fraction of sp³-hybridized carbons (Fsp3) is 1.00. The first-order valence-corrected chi connectivity index (χ1v) is 7.56. The van der Waals surface area contributed by atoms with E-state index in [4.69, 9.17) is 0 Å². The van der Waals surface area contributed by atoms with Crippen molar-refractivity contribution >= 4 is 11.8 Å². The Morgan fingerprint density at radius 2 is 2.20 bits per heavy atom. The first kappa shape index (κ1) is 11.8. The van der Waals surface area contributed by atoms with Crippen molar-refractivity contribution in [2.24, 2.45) is 16.7 Å². The summed E-state index contributed by atoms with van der Waals surface area (Å²) in [5.74, 6) is 3.76. The molecule has 2 unspecified atom stereocenters. The minimum Gasteiger partial charge on any atom is -0.316 e. The van der Waals surface area contributed by atoms with Crippen LogP contribution in [-0.2, 0) is 0 Å². The summed E-state index contributed by atoms with van der Waals surface area (Å²) in [5, 5.41) is 3.60. The largest absolute Gasteiger partial charge is 0.316 e. The smallest absolute Gasteiger partial charge is 0.000243 e. The maximum atomic E-state index is 3.60. The second-order valence-electron chi connectivity index (χ2n) is 5.95. The van der Waals surface area contributed by atoms with Gasteiger partial charge in [-0.05, 0) is 60.6 Å². The van der Waals surface area contributed by atoms with E-state index in [0.717, 1.165) is 5.92 Å². The topological polar surface area (TPSA) is 12.0 Å². The normalized spacial score (nSPS) is 38.2. The van der Waals surface area contributed by atoms with Crippen molar-refractivity contribution in [2.75, 3.05) is 24.6 Å². The zero-order chi connectivity index (χ0) is 10.9. The maximum absolute atomic E-state index is 3.60. The Kier molecular flexibility index (Phi) is 3.37. The van der Waals surface area contributed by atoms with Gasteiger partial charge in [-0.15, -0.1) is 0 Å². The van der Waals surface area contributed by atoms with E-state index < -0.39 is 0 Å². The van der Waals surface area contributed by atoms with Crippen molar-refractivity contribution in [3.05, 3.63) is 0 Å². The van der Waals surface area contributed by atoms with Crippen LogP contribution in [0.2, 0.25) is 0 Å². The molecule has 0 amide bonds. The van der Waals surface area contributed by atoms with Crippen LogP contribution in [-0.4, -0.2) is 24.6 Å². The minimum atomic E-state index is 0.594. The van der Waals surface area contributed by atoms with E-state index in [1.807, 2.05) is 0 Å². The predicted octanol–water partition coefficient (Wildman–Crippen LogP) is 3.16. The van der Waals surface area contributed by atoms with Crippen molar-refractivity contribution < 1.29 is 0 Å². The van der Waals surface area contributed by atoms with Gasteiger partial charge in [-0.1, -0.05) is 20.8 Å². The molecule has 1 nitrogen and oxygen atoms in total. The van der Waals surface area contributed by atoms with Crippen molar-refractivity contribution in [3.8, 4) is 0 Å². The summed E-state index contributed by atoms with van der Waals surface area (Å²) < 4.78 is 0. The lowest BCUT2D eigenvalue weighted by Gasteiger charge is -2.40. The van der Waals surface area contributed by atoms with E-state index in [0.29, 0.717) is 10.8 Å². The van der Waals surface area contributed by atoms with Gasteiger partial charge in [0.25, 0.3) is 0 Å². The predicted molar refractivity (Wildman–Crippen MR) is 69.4 cm³/mol. The van der Waals surface area contributed by atoms with E-state index in [1.165, 1.54) is 43.9 Å². The zero-order valence-electron chi connectivity index (χ0n) is 10.4. The number of rotatable bonds is 4. The summed E-state index contributed by atoms with van der Waals surface area (Å²) in [6, 6.07) is 0. The third-order valence-corrected chi connectivity index (χ3v) is 5.84. The lowest BCUT2D eigenvalue weighted by atomic mass is 9.73. The van der Waals surface area contributed by atoms with Gasteiger partial charge in [0.15, 0.2) is 0 Å².